The fourth-order valence-electron chi connectivity index (χ4n) is 4.15. The molecule has 0 bridgehead atoms. The zero-order valence-corrected chi connectivity index (χ0v) is 20.4. The number of ether oxygens (including phenoxy) is 2. The number of fused-ring (bicyclic) bond motifs is 1. The summed E-state index contributed by atoms with van der Waals surface area (Å²) in [6.07, 6.45) is 3.59. The zero-order chi connectivity index (χ0) is 20.5. The second-order valence-electron chi connectivity index (χ2n) is 7.70. The Morgan fingerprint density at radius 3 is 2.77 bits per heavy atom. The van der Waals surface area contributed by atoms with Gasteiger partial charge in [-0.2, -0.15) is 0 Å². The molecule has 7 nitrogen and oxygen atoms in total. The van der Waals surface area contributed by atoms with Gasteiger partial charge in [0.25, 0.3) is 0 Å². The van der Waals surface area contributed by atoms with Crippen LogP contribution in [0.15, 0.2) is 35.3 Å². The van der Waals surface area contributed by atoms with Gasteiger partial charge in [0.1, 0.15) is 0 Å². The van der Waals surface area contributed by atoms with Crippen LogP contribution in [0.5, 0.6) is 0 Å². The zero-order valence-electron chi connectivity index (χ0n) is 18.1. The van der Waals surface area contributed by atoms with Crippen molar-refractivity contribution in [3.63, 3.8) is 0 Å². The van der Waals surface area contributed by atoms with E-state index in [1.54, 1.807) is 0 Å². The molecule has 1 aromatic carbocycles. The molecule has 2 saturated heterocycles. The summed E-state index contributed by atoms with van der Waals surface area (Å²) in [4.78, 5) is 20.5. The molecular formula is C22H35IN4O3. The summed E-state index contributed by atoms with van der Waals surface area (Å²) < 4.78 is 10.8. The highest BCUT2D eigenvalue weighted by Crippen LogP contribution is 2.24. The van der Waals surface area contributed by atoms with Gasteiger partial charge in [-0.15, -0.1) is 24.0 Å². The van der Waals surface area contributed by atoms with Crippen LogP contribution in [0, 0.1) is 0 Å². The molecular weight excluding hydrogens is 495 g/mol. The maximum absolute atomic E-state index is 11.2. The number of carbonyl (C=O) groups is 1. The van der Waals surface area contributed by atoms with Gasteiger partial charge in [-0.1, -0.05) is 36.8 Å². The fourth-order valence-corrected chi connectivity index (χ4v) is 4.15. The second-order valence-corrected chi connectivity index (χ2v) is 7.70. The molecule has 2 aliphatic heterocycles. The summed E-state index contributed by atoms with van der Waals surface area (Å²) >= 11 is 0. The summed E-state index contributed by atoms with van der Waals surface area (Å²) in [6, 6.07) is 11.0. The van der Waals surface area contributed by atoms with Crippen molar-refractivity contribution in [2.45, 2.75) is 44.4 Å². The van der Waals surface area contributed by atoms with Crippen LogP contribution in [0.3, 0.4) is 0 Å². The molecule has 2 heterocycles. The quantitative estimate of drug-likeness (QED) is 0.183. The van der Waals surface area contributed by atoms with Gasteiger partial charge in [0.05, 0.1) is 25.9 Å². The van der Waals surface area contributed by atoms with Crippen LogP contribution in [0.4, 0.5) is 0 Å². The lowest BCUT2D eigenvalue weighted by atomic mass is 10.1. The van der Waals surface area contributed by atoms with E-state index in [4.69, 9.17) is 4.74 Å². The average molecular weight is 530 g/mol. The number of likely N-dealkylation sites (tertiary alicyclic amines) is 1. The number of nitrogens with zero attached hydrogens (tertiary/aromatic N) is 3. The molecule has 168 valence electrons. The number of esters is 1. The van der Waals surface area contributed by atoms with Crippen molar-refractivity contribution in [3.8, 4) is 0 Å². The fraction of sp³-hybridized carbons (Fsp3) is 0.636. The average Bonchev–Trinajstić information content (AvgIpc) is 3.19. The van der Waals surface area contributed by atoms with Gasteiger partial charge in [0.15, 0.2) is 5.96 Å². The normalized spacial score (nSPS) is 21.7. The van der Waals surface area contributed by atoms with Crippen LogP contribution in [-0.4, -0.2) is 80.8 Å². The van der Waals surface area contributed by atoms with E-state index in [1.807, 2.05) is 7.05 Å². The first-order valence-corrected chi connectivity index (χ1v) is 10.6. The molecule has 3 rings (SSSR count). The molecule has 2 aliphatic rings. The number of halogens is 1. The molecule has 0 aromatic heterocycles. The summed E-state index contributed by atoms with van der Waals surface area (Å²) in [5, 5.41) is 3.47. The highest BCUT2D eigenvalue weighted by Gasteiger charge is 2.41. The smallest absolute Gasteiger partial charge is 0.305 e. The molecule has 0 radical (unpaired) electrons. The minimum atomic E-state index is -0.131. The van der Waals surface area contributed by atoms with Gasteiger partial charge >= 0.3 is 5.97 Å². The Bertz CT molecular complexity index is 674. The number of methoxy groups -OCH3 is 1. The number of aliphatic imine (C=N–C) groups is 1. The summed E-state index contributed by atoms with van der Waals surface area (Å²) in [5.74, 6) is 0.809. The molecule has 2 atom stereocenters. The van der Waals surface area contributed by atoms with E-state index in [9.17, 15) is 4.79 Å². The van der Waals surface area contributed by atoms with E-state index >= 15 is 0 Å². The molecule has 1 N–H and O–H groups in total. The predicted molar refractivity (Wildman–Crippen MR) is 129 cm³/mol. The Kier molecular flexibility index (Phi) is 10.9. The van der Waals surface area contributed by atoms with Crippen molar-refractivity contribution >= 4 is 35.9 Å². The first-order valence-electron chi connectivity index (χ1n) is 10.6. The molecule has 2 fully saturated rings. The molecule has 0 spiro atoms. The molecule has 2 unspecified atom stereocenters. The third-order valence-corrected chi connectivity index (χ3v) is 5.72. The predicted octanol–water partition coefficient (Wildman–Crippen LogP) is 2.50. The van der Waals surface area contributed by atoms with Crippen LogP contribution >= 0.6 is 24.0 Å². The van der Waals surface area contributed by atoms with Gasteiger partial charge in [-0.05, 0) is 18.4 Å². The largest absolute Gasteiger partial charge is 0.469 e. The Balaban J connectivity index is 0.00000320. The number of hydrogen-bond donors (Lipinski definition) is 1. The van der Waals surface area contributed by atoms with Crippen LogP contribution in [0.25, 0.3) is 0 Å². The standard InChI is InChI=1S/C22H34N4O3.HI/c1-23-22(24-12-8-4-7-11-21(27)28-2)26-16-19-20(17-26)29-14-13-25(19)15-18-9-5-3-6-10-18;/h3,5-6,9-10,19-20H,4,7-8,11-17H2,1-2H3,(H,23,24);1H. The first kappa shape index (κ1) is 24.9. The highest BCUT2D eigenvalue weighted by atomic mass is 127. The first-order chi connectivity index (χ1) is 14.2. The second kappa shape index (κ2) is 13.1. The van der Waals surface area contributed by atoms with Gasteiger partial charge in [-0.3, -0.25) is 14.7 Å². The van der Waals surface area contributed by atoms with Gasteiger partial charge in [0.2, 0.25) is 0 Å². The lowest BCUT2D eigenvalue weighted by molar-refractivity contribution is -0.140. The van der Waals surface area contributed by atoms with Gasteiger partial charge < -0.3 is 19.7 Å². The van der Waals surface area contributed by atoms with Crippen LogP contribution in [0.2, 0.25) is 0 Å². The Morgan fingerprint density at radius 1 is 1.23 bits per heavy atom. The topological polar surface area (TPSA) is 66.4 Å². The van der Waals surface area contributed by atoms with E-state index in [-0.39, 0.29) is 36.0 Å². The maximum atomic E-state index is 11.2. The molecule has 0 saturated carbocycles. The van der Waals surface area contributed by atoms with Crippen molar-refractivity contribution in [3.05, 3.63) is 35.9 Å². The number of morpholine rings is 1. The number of unbranched alkanes of at least 4 members (excludes halogenated alkanes) is 2. The highest BCUT2D eigenvalue weighted by molar-refractivity contribution is 14.0. The molecule has 8 heteroatoms. The molecule has 0 aliphatic carbocycles. The minimum absolute atomic E-state index is 0. The number of carbonyl (C=O) groups excluding carboxylic acids is 1. The Labute approximate surface area is 197 Å². The summed E-state index contributed by atoms with van der Waals surface area (Å²) in [7, 11) is 3.27. The maximum Gasteiger partial charge on any atom is 0.305 e. The third-order valence-electron chi connectivity index (χ3n) is 5.72. The van der Waals surface area contributed by atoms with E-state index in [1.165, 1.54) is 12.7 Å². The Morgan fingerprint density at radius 2 is 2.03 bits per heavy atom. The molecule has 1 aromatic rings. The lowest BCUT2D eigenvalue weighted by Gasteiger charge is -2.36. The molecule has 0 amide bonds. The monoisotopic (exact) mass is 530 g/mol. The number of hydrogen-bond acceptors (Lipinski definition) is 5. The van der Waals surface area contributed by atoms with Crippen molar-refractivity contribution in [2.75, 3.05) is 46.9 Å². The minimum Gasteiger partial charge on any atom is -0.469 e. The van der Waals surface area contributed by atoms with Crippen molar-refractivity contribution < 1.29 is 14.3 Å². The van der Waals surface area contributed by atoms with E-state index < -0.39 is 0 Å². The Hall–Kier alpha value is -1.39. The third kappa shape index (κ3) is 7.09. The van der Waals surface area contributed by atoms with Gasteiger partial charge in [0, 0.05) is 46.2 Å². The van der Waals surface area contributed by atoms with Crippen molar-refractivity contribution in [1.82, 2.24) is 15.1 Å². The summed E-state index contributed by atoms with van der Waals surface area (Å²) in [6.45, 7) is 5.38. The van der Waals surface area contributed by atoms with E-state index in [2.05, 4.69) is 55.2 Å². The van der Waals surface area contributed by atoms with Crippen molar-refractivity contribution in [1.29, 1.82) is 0 Å². The molecule has 30 heavy (non-hydrogen) atoms. The lowest BCUT2D eigenvalue weighted by Crippen LogP contribution is -2.50. The van der Waals surface area contributed by atoms with E-state index in [0.717, 1.165) is 64.6 Å². The van der Waals surface area contributed by atoms with Crippen LogP contribution < -0.4 is 5.32 Å². The van der Waals surface area contributed by atoms with Crippen LogP contribution in [-0.2, 0) is 20.8 Å². The van der Waals surface area contributed by atoms with Gasteiger partial charge in [-0.25, -0.2) is 0 Å². The SMILES string of the molecule is CN=C(NCCCCCC(=O)OC)N1CC2OCCN(Cc3ccccc3)C2C1.I. The number of rotatable bonds is 8. The number of benzene rings is 1. The van der Waals surface area contributed by atoms with E-state index in [0.29, 0.717) is 12.5 Å². The van der Waals surface area contributed by atoms with Crippen LogP contribution in [0.1, 0.15) is 31.2 Å². The van der Waals surface area contributed by atoms with Crippen molar-refractivity contribution in [2.24, 2.45) is 4.99 Å². The summed E-state index contributed by atoms with van der Waals surface area (Å²) in [5.41, 5.74) is 1.35. The number of guanidine groups is 1. The number of nitrogens with one attached hydrogen (secondary N) is 1.